The average Bonchev–Trinajstić information content (AvgIpc) is 2.07. The van der Waals surface area contributed by atoms with Gasteiger partial charge in [-0.25, -0.2) is 0 Å². The Morgan fingerprint density at radius 1 is 1.18 bits per heavy atom. The van der Waals surface area contributed by atoms with Crippen molar-refractivity contribution in [3.63, 3.8) is 0 Å². The molecular weight excluding hydrogens is 250 g/mol. The second kappa shape index (κ2) is 4.81. The number of nitrogens with zero attached hydrogens (tertiary/aromatic N) is 1. The van der Waals surface area contributed by atoms with E-state index >= 15 is 0 Å². The summed E-state index contributed by atoms with van der Waals surface area (Å²) in [5, 5.41) is 8.14. The molecule has 0 unspecified atom stereocenters. The minimum absolute atomic E-state index is 0.431. The van der Waals surface area contributed by atoms with E-state index in [2.05, 4.69) is 9.89 Å². The molecule has 11 heavy (non-hydrogen) atoms. The molecule has 0 saturated carbocycles. The number of nitriles is 1. The summed E-state index contributed by atoms with van der Waals surface area (Å²) >= 11 is -0.431. The van der Waals surface area contributed by atoms with Gasteiger partial charge in [0.25, 0.3) is 0 Å². The third kappa shape index (κ3) is 3.10. The van der Waals surface area contributed by atoms with Crippen molar-refractivity contribution in [3.8, 4) is 16.0 Å². The zero-order chi connectivity index (χ0) is 7.94. The Labute approximate surface area is 76.1 Å². The molecule has 0 radical (unpaired) electrons. The first-order chi connectivity index (χ1) is 5.43. The number of benzene rings is 1. The van der Waals surface area contributed by atoms with E-state index in [0.717, 1.165) is 0 Å². The van der Waals surface area contributed by atoms with Crippen LogP contribution < -0.4 is 3.61 Å². The number of hydrogen-bond donors (Lipinski definition) is 0. The predicted molar refractivity (Wildman–Crippen MR) is 45.2 cm³/mol. The minimum atomic E-state index is -0.431. The second-order valence-corrected chi connectivity index (χ2v) is 4.26. The van der Waals surface area contributed by atoms with Crippen molar-refractivity contribution in [1.82, 2.24) is 0 Å². The van der Waals surface area contributed by atoms with E-state index < -0.39 is 20.9 Å². The fourth-order valence-corrected chi connectivity index (χ4v) is 2.04. The molecular formula is C9H5NTe. The average molecular weight is 255 g/mol. The van der Waals surface area contributed by atoms with Crippen molar-refractivity contribution in [1.29, 1.82) is 5.26 Å². The van der Waals surface area contributed by atoms with E-state index in [9.17, 15) is 0 Å². The fraction of sp³-hybridized carbons (Fsp3) is 0. The van der Waals surface area contributed by atoms with Gasteiger partial charge >= 0.3 is 76.1 Å². The molecule has 0 aliphatic carbocycles. The van der Waals surface area contributed by atoms with Crippen molar-refractivity contribution in [2.75, 3.05) is 0 Å². The Balaban J connectivity index is 2.60. The molecule has 0 aliphatic heterocycles. The van der Waals surface area contributed by atoms with Gasteiger partial charge in [-0.1, -0.05) is 0 Å². The molecule has 0 saturated heterocycles. The summed E-state index contributed by atoms with van der Waals surface area (Å²) in [6, 6.07) is 11.9. The molecule has 0 spiro atoms. The van der Waals surface area contributed by atoms with Gasteiger partial charge in [0.05, 0.1) is 0 Å². The van der Waals surface area contributed by atoms with Crippen LogP contribution in [-0.2, 0) is 0 Å². The molecule has 0 fully saturated rings. The topological polar surface area (TPSA) is 23.8 Å². The first kappa shape index (κ1) is 8.16. The maximum absolute atomic E-state index is 8.14. The van der Waals surface area contributed by atoms with Crippen molar-refractivity contribution >= 4 is 24.5 Å². The first-order valence-electron chi connectivity index (χ1n) is 3.04. The van der Waals surface area contributed by atoms with Crippen molar-refractivity contribution in [2.45, 2.75) is 0 Å². The second-order valence-electron chi connectivity index (χ2n) is 1.75. The maximum atomic E-state index is 8.14. The molecule has 0 heterocycles. The SMILES string of the molecule is N#CC#C[Te]c1ccccc1. The molecule has 0 aliphatic rings. The molecule has 0 aromatic heterocycles. The van der Waals surface area contributed by atoms with Gasteiger partial charge in [-0.15, -0.1) is 0 Å². The van der Waals surface area contributed by atoms with Crippen LogP contribution in [0.3, 0.4) is 0 Å². The van der Waals surface area contributed by atoms with Crippen molar-refractivity contribution < 1.29 is 0 Å². The summed E-state index contributed by atoms with van der Waals surface area (Å²) in [4.78, 5) is 0. The van der Waals surface area contributed by atoms with Gasteiger partial charge in [-0.2, -0.15) is 0 Å². The summed E-state index contributed by atoms with van der Waals surface area (Å²) in [6.07, 6.45) is 0. The normalized spacial score (nSPS) is 7.55. The molecule has 1 aromatic carbocycles. The van der Waals surface area contributed by atoms with Gasteiger partial charge < -0.3 is 0 Å². The van der Waals surface area contributed by atoms with Crippen molar-refractivity contribution in [3.05, 3.63) is 30.3 Å². The zero-order valence-electron chi connectivity index (χ0n) is 5.74. The van der Waals surface area contributed by atoms with Gasteiger partial charge in [0.2, 0.25) is 0 Å². The Morgan fingerprint density at radius 3 is 2.55 bits per heavy atom. The van der Waals surface area contributed by atoms with Gasteiger partial charge in [0.1, 0.15) is 0 Å². The quantitative estimate of drug-likeness (QED) is 0.529. The first-order valence-corrected chi connectivity index (χ1v) is 5.37. The van der Waals surface area contributed by atoms with E-state index in [1.54, 1.807) is 0 Å². The van der Waals surface area contributed by atoms with Crippen molar-refractivity contribution in [2.24, 2.45) is 0 Å². The fourth-order valence-electron chi connectivity index (χ4n) is 0.596. The molecule has 1 rings (SSSR count). The number of hydrogen-bond acceptors (Lipinski definition) is 1. The molecule has 0 bridgehead atoms. The summed E-state index contributed by atoms with van der Waals surface area (Å²) < 4.78 is 4.15. The van der Waals surface area contributed by atoms with Crippen LogP contribution in [0.25, 0.3) is 0 Å². The van der Waals surface area contributed by atoms with E-state index in [0.29, 0.717) is 0 Å². The summed E-state index contributed by atoms with van der Waals surface area (Å²) in [5.41, 5.74) is 0. The number of rotatable bonds is 1. The standard InChI is InChI=1S/C9H5NTe/c10-7-4-8-11-9-5-2-1-3-6-9/h1-3,5-6H. The van der Waals surface area contributed by atoms with Gasteiger partial charge in [-0.3, -0.25) is 0 Å². The third-order valence-electron chi connectivity index (χ3n) is 1.02. The summed E-state index contributed by atoms with van der Waals surface area (Å²) in [7, 11) is 0. The Kier molecular flexibility index (Phi) is 3.57. The third-order valence-corrected chi connectivity index (χ3v) is 3.05. The molecule has 2 heteroatoms. The Hall–Kier alpha value is -0.940. The van der Waals surface area contributed by atoms with Crippen LogP contribution in [-0.4, -0.2) is 20.9 Å². The molecule has 52 valence electrons. The molecule has 0 amide bonds. The van der Waals surface area contributed by atoms with Crippen LogP contribution in [0.4, 0.5) is 0 Å². The van der Waals surface area contributed by atoms with Crippen LogP contribution in [0.1, 0.15) is 0 Å². The van der Waals surface area contributed by atoms with E-state index in [4.69, 9.17) is 5.26 Å². The molecule has 0 N–H and O–H groups in total. The zero-order valence-corrected chi connectivity index (χ0v) is 8.07. The van der Waals surface area contributed by atoms with Crippen LogP contribution in [0, 0.1) is 21.2 Å². The van der Waals surface area contributed by atoms with Crippen LogP contribution in [0.2, 0.25) is 0 Å². The van der Waals surface area contributed by atoms with E-state index in [1.807, 2.05) is 36.4 Å². The summed E-state index contributed by atoms with van der Waals surface area (Å²) in [6.45, 7) is 0. The van der Waals surface area contributed by atoms with E-state index in [-0.39, 0.29) is 0 Å². The monoisotopic (exact) mass is 257 g/mol. The van der Waals surface area contributed by atoms with E-state index in [1.165, 1.54) is 3.61 Å². The van der Waals surface area contributed by atoms with Crippen LogP contribution in [0.5, 0.6) is 0 Å². The Morgan fingerprint density at radius 2 is 1.91 bits per heavy atom. The Bertz CT molecular complexity index is 313. The van der Waals surface area contributed by atoms with Crippen LogP contribution in [0.15, 0.2) is 30.3 Å². The summed E-state index contributed by atoms with van der Waals surface area (Å²) in [5.74, 6) is 2.41. The molecule has 1 nitrogen and oxygen atoms in total. The van der Waals surface area contributed by atoms with Gasteiger partial charge in [-0.05, 0) is 0 Å². The van der Waals surface area contributed by atoms with Crippen LogP contribution >= 0.6 is 0 Å². The van der Waals surface area contributed by atoms with Gasteiger partial charge in [0, 0.05) is 0 Å². The molecule has 0 atom stereocenters. The molecule has 1 aromatic rings. The predicted octanol–water partition coefficient (Wildman–Crippen LogP) is 0.501. The van der Waals surface area contributed by atoms with Gasteiger partial charge in [0.15, 0.2) is 0 Å².